The molecular weight excluding hydrogens is 294 g/mol. The van der Waals surface area contributed by atoms with Gasteiger partial charge in [0.2, 0.25) is 0 Å². The minimum Gasteiger partial charge on any atom is -0.393 e. The molecule has 0 fully saturated rings. The largest absolute Gasteiger partial charge is 0.462 e. The van der Waals surface area contributed by atoms with Gasteiger partial charge in [0.1, 0.15) is 0 Å². The molecule has 0 radical (unpaired) electrons. The molecular formula is C6H4F10O2. The molecule has 0 aliphatic rings. The van der Waals surface area contributed by atoms with Crippen molar-refractivity contribution in [1.29, 1.82) is 0 Å². The summed E-state index contributed by atoms with van der Waals surface area (Å²) in [5, 5.41) is 7.99. The van der Waals surface area contributed by atoms with Crippen LogP contribution in [0.1, 0.15) is 0 Å². The van der Waals surface area contributed by atoms with Gasteiger partial charge in [0.25, 0.3) is 0 Å². The first-order chi connectivity index (χ1) is 7.67. The van der Waals surface area contributed by atoms with Gasteiger partial charge < -0.3 is 5.11 Å². The fourth-order valence-electron chi connectivity index (χ4n) is 0.625. The molecule has 1 N–H and O–H groups in total. The third-order valence-electron chi connectivity index (χ3n) is 1.54. The van der Waals surface area contributed by atoms with Crippen LogP contribution in [0.3, 0.4) is 0 Å². The Labute approximate surface area is 92.1 Å². The first kappa shape index (κ1) is 17.2. The summed E-state index contributed by atoms with van der Waals surface area (Å²) in [5.74, 6) is -6.83. The lowest BCUT2D eigenvalue weighted by Crippen LogP contribution is -2.56. The van der Waals surface area contributed by atoms with Crippen molar-refractivity contribution in [2.24, 2.45) is 0 Å². The van der Waals surface area contributed by atoms with Gasteiger partial charge in [-0.1, -0.05) is 0 Å². The Morgan fingerprint density at radius 1 is 0.833 bits per heavy atom. The van der Waals surface area contributed by atoms with Crippen molar-refractivity contribution in [2.45, 2.75) is 30.5 Å². The maximum absolute atomic E-state index is 12.4. The summed E-state index contributed by atoms with van der Waals surface area (Å²) in [4.78, 5) is 0. The molecule has 0 rings (SSSR count). The summed E-state index contributed by atoms with van der Waals surface area (Å²) in [7, 11) is 0. The van der Waals surface area contributed by atoms with Gasteiger partial charge in [-0.2, -0.15) is 43.9 Å². The maximum atomic E-state index is 12.4. The topological polar surface area (TPSA) is 29.5 Å². The van der Waals surface area contributed by atoms with Crippen molar-refractivity contribution >= 4 is 0 Å². The van der Waals surface area contributed by atoms with Crippen molar-refractivity contribution in [3.8, 4) is 0 Å². The van der Waals surface area contributed by atoms with Crippen molar-refractivity contribution in [2.75, 3.05) is 6.61 Å². The predicted octanol–water partition coefficient (Wildman–Crippen LogP) is 2.72. The molecule has 110 valence electrons. The van der Waals surface area contributed by atoms with Gasteiger partial charge in [-0.15, -0.1) is 0 Å². The Kier molecular flexibility index (Phi) is 4.51. The number of ether oxygens (including phenoxy) is 1. The van der Waals surface area contributed by atoms with E-state index in [2.05, 4.69) is 4.74 Å². The molecule has 0 aliphatic heterocycles. The summed E-state index contributed by atoms with van der Waals surface area (Å²) >= 11 is 0. The van der Waals surface area contributed by atoms with Gasteiger partial charge in [-0.25, -0.2) is 0 Å². The monoisotopic (exact) mass is 298 g/mol. The lowest BCUT2D eigenvalue weighted by Gasteiger charge is -2.30. The Hall–Kier alpha value is -0.780. The second-order valence-corrected chi connectivity index (χ2v) is 2.92. The van der Waals surface area contributed by atoms with E-state index in [1.54, 1.807) is 0 Å². The molecule has 0 heterocycles. The first-order valence-corrected chi connectivity index (χ1v) is 3.84. The molecule has 2 nitrogen and oxygen atoms in total. The van der Waals surface area contributed by atoms with Gasteiger partial charge >= 0.3 is 24.4 Å². The zero-order chi connectivity index (χ0) is 15.0. The third kappa shape index (κ3) is 3.37. The molecule has 1 atom stereocenters. The number of hydrogen-bond acceptors (Lipinski definition) is 2. The summed E-state index contributed by atoms with van der Waals surface area (Å²) < 4.78 is 121. The Bertz CT molecular complexity index is 279. The van der Waals surface area contributed by atoms with Crippen LogP contribution in [-0.2, 0) is 4.74 Å². The molecule has 0 aromatic rings. The summed E-state index contributed by atoms with van der Waals surface area (Å²) in [6.07, 6.45) is -22.9. The number of aliphatic hydroxyl groups is 1. The highest BCUT2D eigenvalue weighted by Gasteiger charge is 2.75. The van der Waals surface area contributed by atoms with Crippen LogP contribution in [0.15, 0.2) is 0 Å². The Balaban J connectivity index is 5.18. The van der Waals surface area contributed by atoms with Gasteiger partial charge in [0.05, 0.1) is 6.61 Å². The van der Waals surface area contributed by atoms with Crippen LogP contribution in [0.2, 0.25) is 0 Å². The van der Waals surface area contributed by atoms with Crippen LogP contribution < -0.4 is 0 Å². The molecule has 0 bridgehead atoms. The molecule has 0 saturated heterocycles. The van der Waals surface area contributed by atoms with Crippen molar-refractivity contribution in [3.05, 3.63) is 0 Å². The van der Waals surface area contributed by atoms with Crippen molar-refractivity contribution in [1.82, 2.24) is 0 Å². The highest BCUT2D eigenvalue weighted by atomic mass is 19.4. The predicted molar refractivity (Wildman–Crippen MR) is 34.0 cm³/mol. The Morgan fingerprint density at radius 2 is 1.22 bits per heavy atom. The van der Waals surface area contributed by atoms with Crippen LogP contribution >= 0.6 is 0 Å². The average molecular weight is 298 g/mol. The maximum Gasteiger partial charge on any atom is 0.462 e. The van der Waals surface area contributed by atoms with Gasteiger partial charge in [0, 0.05) is 0 Å². The van der Waals surface area contributed by atoms with Crippen molar-refractivity contribution in [3.63, 3.8) is 0 Å². The number of rotatable bonds is 4. The van der Waals surface area contributed by atoms with E-state index < -0.39 is 37.1 Å². The Morgan fingerprint density at radius 3 is 1.44 bits per heavy atom. The van der Waals surface area contributed by atoms with E-state index in [4.69, 9.17) is 5.11 Å². The molecule has 0 spiro atoms. The number of halogens is 10. The van der Waals surface area contributed by atoms with Crippen molar-refractivity contribution < 1.29 is 53.7 Å². The van der Waals surface area contributed by atoms with E-state index in [1.807, 2.05) is 0 Å². The van der Waals surface area contributed by atoms with Crippen LogP contribution in [0, 0.1) is 0 Å². The first-order valence-electron chi connectivity index (χ1n) is 3.84. The third-order valence-corrected chi connectivity index (χ3v) is 1.54. The molecule has 18 heavy (non-hydrogen) atoms. The summed E-state index contributed by atoms with van der Waals surface area (Å²) in [6, 6.07) is 0. The summed E-state index contributed by atoms with van der Waals surface area (Å²) in [6.45, 7) is -2.24. The average Bonchev–Trinajstić information content (AvgIpc) is 2.10. The van der Waals surface area contributed by atoms with Crippen LogP contribution in [0.4, 0.5) is 43.9 Å². The standard InChI is InChI=1S/C6H4F10O2/c7-3(8,9)2(1-17)18-6(15,16)4(10,11)5(12,13)14/h2,17H,1H2. The number of hydrogen-bond donors (Lipinski definition) is 1. The van der Waals surface area contributed by atoms with E-state index in [9.17, 15) is 43.9 Å². The zero-order valence-electron chi connectivity index (χ0n) is 7.92. The lowest BCUT2D eigenvalue weighted by molar-refractivity contribution is -0.446. The minimum atomic E-state index is -6.83. The molecule has 0 aromatic carbocycles. The second-order valence-electron chi connectivity index (χ2n) is 2.92. The molecule has 1 unspecified atom stereocenters. The van der Waals surface area contributed by atoms with Gasteiger partial charge in [-0.3, -0.25) is 4.74 Å². The fraction of sp³-hybridized carbons (Fsp3) is 1.00. The summed E-state index contributed by atoms with van der Waals surface area (Å²) in [5.41, 5.74) is 0. The highest BCUT2D eigenvalue weighted by Crippen LogP contribution is 2.48. The SMILES string of the molecule is OCC(OC(F)(F)C(F)(F)C(F)(F)F)C(F)(F)F. The van der Waals surface area contributed by atoms with E-state index in [0.29, 0.717) is 0 Å². The molecule has 0 aromatic heterocycles. The smallest absolute Gasteiger partial charge is 0.393 e. The number of aliphatic hydroxyl groups excluding tert-OH is 1. The second kappa shape index (κ2) is 4.72. The van der Waals surface area contributed by atoms with Crippen LogP contribution in [-0.4, -0.2) is 42.2 Å². The van der Waals surface area contributed by atoms with E-state index in [0.717, 1.165) is 0 Å². The van der Waals surface area contributed by atoms with Gasteiger partial charge in [0.15, 0.2) is 6.10 Å². The van der Waals surface area contributed by atoms with E-state index in [1.165, 1.54) is 0 Å². The molecule has 0 saturated carbocycles. The molecule has 0 aliphatic carbocycles. The molecule has 12 heteroatoms. The molecule has 0 amide bonds. The van der Waals surface area contributed by atoms with Gasteiger partial charge in [-0.05, 0) is 0 Å². The van der Waals surface area contributed by atoms with Crippen LogP contribution in [0.5, 0.6) is 0 Å². The highest BCUT2D eigenvalue weighted by molar-refractivity contribution is 4.86. The zero-order valence-corrected chi connectivity index (χ0v) is 7.92. The fourth-order valence-corrected chi connectivity index (χ4v) is 0.625. The van der Waals surface area contributed by atoms with E-state index >= 15 is 0 Å². The number of alkyl halides is 10. The normalized spacial score (nSPS) is 16.8. The van der Waals surface area contributed by atoms with Crippen LogP contribution in [0.25, 0.3) is 0 Å². The minimum absolute atomic E-state index is 2.24. The quantitative estimate of drug-likeness (QED) is 0.809. The lowest BCUT2D eigenvalue weighted by atomic mass is 10.3. The van der Waals surface area contributed by atoms with E-state index in [-0.39, 0.29) is 0 Å².